The number of hydrogen-bond donors (Lipinski definition) is 2. The van der Waals surface area contributed by atoms with E-state index in [4.69, 9.17) is 21.7 Å². The highest BCUT2D eigenvalue weighted by molar-refractivity contribution is 7.80. The van der Waals surface area contributed by atoms with Crippen LogP contribution < -0.4 is 15.4 Å². The van der Waals surface area contributed by atoms with E-state index in [1.165, 1.54) is 0 Å². The van der Waals surface area contributed by atoms with Gasteiger partial charge in [0, 0.05) is 18.7 Å². The fourth-order valence-electron chi connectivity index (χ4n) is 3.01. The van der Waals surface area contributed by atoms with E-state index >= 15 is 0 Å². The van der Waals surface area contributed by atoms with Crippen molar-refractivity contribution >= 4 is 34.8 Å². The van der Waals surface area contributed by atoms with Crippen molar-refractivity contribution in [2.45, 2.75) is 13.8 Å². The number of hydrogen-bond acceptors (Lipinski definition) is 5. The Kier molecular flexibility index (Phi) is 7.97. The van der Waals surface area contributed by atoms with Gasteiger partial charge in [0.25, 0.3) is 11.8 Å². The van der Waals surface area contributed by atoms with Crippen LogP contribution in [0.2, 0.25) is 0 Å². The second-order valence-electron chi connectivity index (χ2n) is 7.59. The van der Waals surface area contributed by atoms with E-state index in [-0.39, 0.29) is 16.9 Å². The number of benzene rings is 2. The van der Waals surface area contributed by atoms with E-state index in [0.29, 0.717) is 61.4 Å². The third-order valence-corrected chi connectivity index (χ3v) is 4.83. The molecule has 0 aliphatic carbocycles. The Bertz CT molecular complexity index is 925. The summed E-state index contributed by atoms with van der Waals surface area (Å²) < 4.78 is 10.9. The zero-order chi connectivity index (χ0) is 22.2. The van der Waals surface area contributed by atoms with Crippen LogP contribution in [-0.4, -0.2) is 54.7 Å². The summed E-state index contributed by atoms with van der Waals surface area (Å²) >= 11 is 5.30. The van der Waals surface area contributed by atoms with Crippen LogP contribution in [0.1, 0.15) is 34.6 Å². The number of carbonyl (C=O) groups is 2. The number of morpholine rings is 1. The van der Waals surface area contributed by atoms with Crippen molar-refractivity contribution in [2.75, 3.05) is 38.2 Å². The van der Waals surface area contributed by atoms with Crippen molar-refractivity contribution in [2.24, 2.45) is 5.92 Å². The lowest BCUT2D eigenvalue weighted by Gasteiger charge is -2.27. The third kappa shape index (κ3) is 6.50. The van der Waals surface area contributed by atoms with E-state index in [2.05, 4.69) is 24.5 Å². The number of nitrogens with one attached hydrogen (secondary N) is 2. The normalized spacial score (nSPS) is 13.6. The quantitative estimate of drug-likeness (QED) is 0.670. The van der Waals surface area contributed by atoms with Crippen molar-refractivity contribution in [3.63, 3.8) is 0 Å². The Hall–Kier alpha value is -2.97. The molecule has 1 aliphatic rings. The van der Waals surface area contributed by atoms with E-state index < -0.39 is 0 Å². The molecule has 0 spiro atoms. The second kappa shape index (κ2) is 10.9. The largest absolute Gasteiger partial charge is 0.493 e. The van der Waals surface area contributed by atoms with Gasteiger partial charge < -0.3 is 19.7 Å². The molecule has 7 nitrogen and oxygen atoms in total. The van der Waals surface area contributed by atoms with Gasteiger partial charge in [0.15, 0.2) is 5.11 Å². The highest BCUT2D eigenvalue weighted by Gasteiger charge is 2.21. The molecule has 1 aliphatic heterocycles. The average molecular weight is 442 g/mol. The molecule has 1 heterocycles. The van der Waals surface area contributed by atoms with Crippen LogP contribution in [0.25, 0.3) is 0 Å². The molecule has 2 aromatic rings. The van der Waals surface area contributed by atoms with Gasteiger partial charge in [-0.1, -0.05) is 26.0 Å². The first kappa shape index (κ1) is 22.7. The summed E-state index contributed by atoms with van der Waals surface area (Å²) in [6.45, 7) is 6.90. The molecule has 1 fully saturated rings. The van der Waals surface area contributed by atoms with Crippen LogP contribution in [0, 0.1) is 5.92 Å². The number of ether oxygens (including phenoxy) is 2. The minimum Gasteiger partial charge on any atom is -0.493 e. The minimum absolute atomic E-state index is 0.0995. The van der Waals surface area contributed by atoms with Crippen molar-refractivity contribution in [1.29, 1.82) is 0 Å². The van der Waals surface area contributed by atoms with Crippen LogP contribution in [0.4, 0.5) is 5.69 Å². The number of thiocarbonyl (C=S) groups is 1. The zero-order valence-corrected chi connectivity index (χ0v) is 18.5. The maximum absolute atomic E-state index is 12.9. The Morgan fingerprint density at radius 3 is 2.45 bits per heavy atom. The lowest BCUT2D eigenvalue weighted by molar-refractivity contribution is 0.0303. The van der Waals surface area contributed by atoms with Crippen molar-refractivity contribution in [3.8, 4) is 5.75 Å². The van der Waals surface area contributed by atoms with Gasteiger partial charge >= 0.3 is 0 Å². The summed E-state index contributed by atoms with van der Waals surface area (Å²) in [5.74, 6) is 0.688. The predicted molar refractivity (Wildman–Crippen MR) is 124 cm³/mol. The summed E-state index contributed by atoms with van der Waals surface area (Å²) in [6, 6.07) is 14.0. The maximum Gasteiger partial charge on any atom is 0.257 e. The molecule has 2 aromatic carbocycles. The Labute approximate surface area is 187 Å². The van der Waals surface area contributed by atoms with E-state index in [9.17, 15) is 9.59 Å². The number of amides is 2. The fourth-order valence-corrected chi connectivity index (χ4v) is 3.21. The van der Waals surface area contributed by atoms with Gasteiger partial charge in [-0.3, -0.25) is 14.9 Å². The van der Waals surface area contributed by atoms with Crippen LogP contribution in [0.15, 0.2) is 48.5 Å². The lowest BCUT2D eigenvalue weighted by Crippen LogP contribution is -2.41. The van der Waals surface area contributed by atoms with Gasteiger partial charge in [-0.2, -0.15) is 0 Å². The second-order valence-corrected chi connectivity index (χ2v) is 8.00. The summed E-state index contributed by atoms with van der Waals surface area (Å²) in [7, 11) is 0. The molecule has 0 unspecified atom stereocenters. The van der Waals surface area contributed by atoms with Crippen LogP contribution >= 0.6 is 12.2 Å². The summed E-state index contributed by atoms with van der Waals surface area (Å²) in [4.78, 5) is 27.1. The van der Waals surface area contributed by atoms with Crippen molar-refractivity contribution in [3.05, 3.63) is 59.7 Å². The fraction of sp³-hybridized carbons (Fsp3) is 0.348. The van der Waals surface area contributed by atoms with Gasteiger partial charge in [0.2, 0.25) is 0 Å². The molecule has 0 aromatic heterocycles. The lowest BCUT2D eigenvalue weighted by atomic mass is 10.1. The molecule has 2 amide bonds. The molecular weight excluding hydrogens is 414 g/mol. The van der Waals surface area contributed by atoms with Gasteiger partial charge in [0.05, 0.1) is 31.1 Å². The minimum atomic E-state index is -0.343. The molecule has 0 bridgehead atoms. The van der Waals surface area contributed by atoms with E-state index in [1.807, 2.05) is 0 Å². The highest BCUT2D eigenvalue weighted by Crippen LogP contribution is 2.18. The molecule has 164 valence electrons. The number of carbonyl (C=O) groups excluding carboxylic acids is 2. The molecule has 0 radical (unpaired) electrons. The standard InChI is InChI=1S/C23H27N3O4S/c1-16(2)15-30-18-9-7-17(8-10-18)21(27)25-23(31)24-20-6-4-3-5-19(20)22(28)26-11-13-29-14-12-26/h3-10,16H,11-15H2,1-2H3,(H2,24,25,27,31). The number of para-hydroxylation sites is 1. The number of nitrogens with zero attached hydrogens (tertiary/aromatic N) is 1. The molecule has 8 heteroatoms. The molecular formula is C23H27N3O4S. The van der Waals surface area contributed by atoms with Crippen LogP contribution in [-0.2, 0) is 4.74 Å². The van der Waals surface area contributed by atoms with Crippen LogP contribution in [0.3, 0.4) is 0 Å². The third-order valence-electron chi connectivity index (χ3n) is 4.63. The molecule has 31 heavy (non-hydrogen) atoms. The maximum atomic E-state index is 12.9. The molecule has 0 atom stereocenters. The first-order valence-electron chi connectivity index (χ1n) is 10.3. The SMILES string of the molecule is CC(C)COc1ccc(C(=O)NC(=S)Nc2ccccc2C(=O)N2CCOCC2)cc1. The summed E-state index contributed by atoms with van der Waals surface area (Å²) in [6.07, 6.45) is 0. The first-order valence-corrected chi connectivity index (χ1v) is 10.7. The highest BCUT2D eigenvalue weighted by atomic mass is 32.1. The molecule has 0 saturated carbocycles. The van der Waals surface area contributed by atoms with E-state index in [1.54, 1.807) is 53.4 Å². The van der Waals surface area contributed by atoms with Crippen LogP contribution in [0.5, 0.6) is 5.75 Å². The number of rotatable bonds is 6. The molecule has 3 rings (SSSR count). The van der Waals surface area contributed by atoms with Gasteiger partial charge in [-0.25, -0.2) is 0 Å². The smallest absolute Gasteiger partial charge is 0.257 e. The molecule has 2 N–H and O–H groups in total. The Morgan fingerprint density at radius 2 is 1.77 bits per heavy atom. The number of anilines is 1. The summed E-state index contributed by atoms with van der Waals surface area (Å²) in [5.41, 5.74) is 1.49. The van der Waals surface area contributed by atoms with Gasteiger partial charge in [-0.05, 0) is 54.5 Å². The Balaban J connectivity index is 1.60. The average Bonchev–Trinajstić information content (AvgIpc) is 2.78. The topological polar surface area (TPSA) is 79.9 Å². The molecule has 1 saturated heterocycles. The van der Waals surface area contributed by atoms with Gasteiger partial charge in [0.1, 0.15) is 5.75 Å². The zero-order valence-electron chi connectivity index (χ0n) is 17.7. The predicted octanol–water partition coefficient (Wildman–Crippen LogP) is 3.32. The van der Waals surface area contributed by atoms with Gasteiger partial charge in [-0.15, -0.1) is 0 Å². The van der Waals surface area contributed by atoms with E-state index in [0.717, 1.165) is 0 Å². The monoisotopic (exact) mass is 441 g/mol. The van der Waals surface area contributed by atoms with Crippen molar-refractivity contribution < 1.29 is 19.1 Å². The van der Waals surface area contributed by atoms with Crippen molar-refractivity contribution in [1.82, 2.24) is 10.2 Å². The first-order chi connectivity index (χ1) is 14.9. The Morgan fingerprint density at radius 1 is 1.10 bits per heavy atom. The summed E-state index contributed by atoms with van der Waals surface area (Å²) in [5, 5.41) is 5.75.